The van der Waals surface area contributed by atoms with Gasteiger partial charge in [-0.15, -0.1) is 0 Å². The molecule has 0 amide bonds. The van der Waals surface area contributed by atoms with Gasteiger partial charge in [-0.25, -0.2) is 0 Å². The van der Waals surface area contributed by atoms with Gasteiger partial charge < -0.3 is 5.11 Å². The Morgan fingerprint density at radius 2 is 1.65 bits per heavy atom. The summed E-state index contributed by atoms with van der Waals surface area (Å²) in [4.78, 5) is 26.7. The molecule has 1 fully saturated rings. The Labute approximate surface area is 187 Å². The van der Waals surface area contributed by atoms with Crippen molar-refractivity contribution < 1.29 is 14.7 Å². The van der Waals surface area contributed by atoms with Crippen LogP contribution in [-0.4, -0.2) is 16.9 Å². The van der Waals surface area contributed by atoms with Crippen LogP contribution in [-0.2, 0) is 9.59 Å². The number of rotatable bonds is 8. The fraction of sp³-hybridized carbons (Fsp3) is 0.571. The molecule has 168 valence electrons. The zero-order valence-electron chi connectivity index (χ0n) is 19.7. The zero-order valence-corrected chi connectivity index (χ0v) is 19.7. The van der Waals surface area contributed by atoms with E-state index < -0.39 is 16.8 Å². The highest BCUT2D eigenvalue weighted by Gasteiger charge is 2.67. The molecule has 0 radical (unpaired) electrons. The van der Waals surface area contributed by atoms with Gasteiger partial charge in [0.25, 0.3) is 0 Å². The van der Waals surface area contributed by atoms with E-state index in [4.69, 9.17) is 0 Å². The number of carbonyl (C=O) groups excluding carboxylic acids is 1. The fourth-order valence-electron chi connectivity index (χ4n) is 6.98. The monoisotopic (exact) mass is 422 g/mol. The Balaban J connectivity index is 2.31. The van der Waals surface area contributed by atoms with Crippen LogP contribution in [0.1, 0.15) is 72.3 Å². The predicted molar refractivity (Wildman–Crippen MR) is 126 cm³/mol. The molecule has 1 aromatic carbocycles. The van der Waals surface area contributed by atoms with Crippen molar-refractivity contribution in [3.63, 3.8) is 0 Å². The summed E-state index contributed by atoms with van der Waals surface area (Å²) in [5.74, 6) is -0.806. The lowest BCUT2D eigenvalue weighted by Crippen LogP contribution is -2.56. The third-order valence-electron chi connectivity index (χ3n) is 8.44. The Morgan fingerprint density at radius 3 is 2.13 bits per heavy atom. The molecule has 6 atom stereocenters. The zero-order chi connectivity index (χ0) is 22.8. The summed E-state index contributed by atoms with van der Waals surface area (Å²) in [7, 11) is 0. The number of carboxylic acids is 1. The summed E-state index contributed by atoms with van der Waals surface area (Å²) in [5.41, 5.74) is 0.745. The standard InChI is InChI=1S/C28H38O3/c1-6-20-18-27(9-4,17-16-19-14-12-11-13-15-19)28(10-5,26(30)31)24-22(8-3)25(29)21(7-2)23(20)24/h11-18,21-24H,6-10H2,1-5H3,(H,30,31)/t21-,22-,23-,24-,27-,28-/m0/s1. The minimum atomic E-state index is -0.989. The third kappa shape index (κ3) is 3.41. The summed E-state index contributed by atoms with van der Waals surface area (Å²) < 4.78 is 0. The number of ketones is 1. The fourth-order valence-corrected chi connectivity index (χ4v) is 6.98. The highest BCUT2D eigenvalue weighted by Crippen LogP contribution is 2.66. The van der Waals surface area contributed by atoms with E-state index in [0.717, 1.165) is 18.4 Å². The van der Waals surface area contributed by atoms with E-state index >= 15 is 0 Å². The van der Waals surface area contributed by atoms with Crippen LogP contribution in [0.2, 0.25) is 0 Å². The molecular formula is C28H38O3. The molecule has 0 aromatic heterocycles. The maximum Gasteiger partial charge on any atom is 0.311 e. The van der Waals surface area contributed by atoms with Crippen LogP contribution in [0, 0.1) is 34.5 Å². The topological polar surface area (TPSA) is 54.4 Å². The van der Waals surface area contributed by atoms with Crippen molar-refractivity contribution in [3.8, 4) is 0 Å². The molecule has 1 aromatic rings. The van der Waals surface area contributed by atoms with Crippen molar-refractivity contribution in [2.24, 2.45) is 34.5 Å². The molecule has 0 heterocycles. The molecule has 1 saturated carbocycles. The van der Waals surface area contributed by atoms with Gasteiger partial charge in [0.2, 0.25) is 0 Å². The average Bonchev–Trinajstić information content (AvgIpc) is 3.08. The van der Waals surface area contributed by atoms with Crippen molar-refractivity contribution in [2.75, 3.05) is 0 Å². The molecule has 0 aliphatic heterocycles. The molecule has 2 aliphatic carbocycles. The lowest BCUT2D eigenvalue weighted by molar-refractivity contribution is -0.165. The quantitative estimate of drug-likeness (QED) is 0.469. The number of allylic oxidation sites excluding steroid dienone is 3. The highest BCUT2D eigenvalue weighted by atomic mass is 16.4. The van der Waals surface area contributed by atoms with Gasteiger partial charge in [-0.05, 0) is 49.5 Å². The van der Waals surface area contributed by atoms with Crippen molar-refractivity contribution in [3.05, 3.63) is 53.6 Å². The first-order chi connectivity index (χ1) is 14.9. The first-order valence-corrected chi connectivity index (χ1v) is 12.1. The Hall–Kier alpha value is -2.16. The average molecular weight is 423 g/mol. The van der Waals surface area contributed by atoms with E-state index in [1.807, 2.05) is 37.3 Å². The summed E-state index contributed by atoms with van der Waals surface area (Å²) in [6, 6.07) is 10.1. The van der Waals surface area contributed by atoms with Crippen LogP contribution in [0.4, 0.5) is 0 Å². The number of carboxylic acid groups (broad SMARTS) is 1. The molecule has 0 spiro atoms. The first kappa shape index (κ1) is 23.5. The molecule has 0 saturated heterocycles. The van der Waals surface area contributed by atoms with Gasteiger partial charge >= 0.3 is 5.97 Å². The Kier molecular flexibility index (Phi) is 6.93. The molecular weight excluding hydrogens is 384 g/mol. The lowest BCUT2D eigenvalue weighted by atomic mass is 9.46. The second kappa shape index (κ2) is 9.14. The van der Waals surface area contributed by atoms with Crippen LogP contribution in [0.5, 0.6) is 0 Å². The third-order valence-corrected chi connectivity index (χ3v) is 8.44. The molecule has 0 unspecified atom stereocenters. The minimum absolute atomic E-state index is 0.0494. The van der Waals surface area contributed by atoms with Gasteiger partial charge in [-0.3, -0.25) is 9.59 Å². The van der Waals surface area contributed by atoms with Crippen molar-refractivity contribution in [1.82, 2.24) is 0 Å². The van der Waals surface area contributed by atoms with Crippen molar-refractivity contribution in [2.45, 2.75) is 66.7 Å². The van der Waals surface area contributed by atoms with Crippen LogP contribution in [0.15, 0.2) is 48.1 Å². The van der Waals surface area contributed by atoms with E-state index in [9.17, 15) is 14.7 Å². The van der Waals surface area contributed by atoms with Crippen LogP contribution >= 0.6 is 0 Å². The van der Waals surface area contributed by atoms with Gasteiger partial charge in [0, 0.05) is 17.3 Å². The van der Waals surface area contributed by atoms with Crippen LogP contribution < -0.4 is 0 Å². The van der Waals surface area contributed by atoms with Gasteiger partial charge in [-0.2, -0.15) is 0 Å². The summed E-state index contributed by atoms with van der Waals surface area (Å²) >= 11 is 0. The molecule has 2 aliphatic rings. The normalized spacial score (nSPS) is 35.3. The number of carbonyl (C=O) groups is 2. The summed E-state index contributed by atoms with van der Waals surface area (Å²) in [6.07, 6.45) is 10.1. The second-order valence-electron chi connectivity index (χ2n) is 9.32. The predicted octanol–water partition coefficient (Wildman–Crippen LogP) is 6.79. The van der Waals surface area contributed by atoms with E-state index in [-0.39, 0.29) is 29.5 Å². The minimum Gasteiger partial charge on any atom is -0.481 e. The van der Waals surface area contributed by atoms with Gasteiger partial charge in [0.1, 0.15) is 5.78 Å². The summed E-state index contributed by atoms with van der Waals surface area (Å²) in [6.45, 7) is 10.4. The SMILES string of the molecule is CCC1=C[C@@](C=Cc2ccccc2)(CC)[C@](CC)(C(=O)O)[C@@H]2[C@@H]1[C@H](CC)C(=O)[C@H]2CC. The van der Waals surface area contributed by atoms with Gasteiger partial charge in [0.05, 0.1) is 5.41 Å². The molecule has 3 nitrogen and oxygen atoms in total. The molecule has 3 heteroatoms. The van der Waals surface area contributed by atoms with Crippen molar-refractivity contribution >= 4 is 17.8 Å². The van der Waals surface area contributed by atoms with Gasteiger partial charge in [0.15, 0.2) is 0 Å². The molecule has 1 N–H and O–H groups in total. The number of hydrogen-bond donors (Lipinski definition) is 1. The summed E-state index contributed by atoms with van der Waals surface area (Å²) in [5, 5.41) is 10.8. The second-order valence-corrected chi connectivity index (χ2v) is 9.32. The number of aliphatic carboxylic acids is 1. The Morgan fingerprint density at radius 1 is 1.00 bits per heavy atom. The van der Waals surface area contributed by atoms with E-state index in [1.54, 1.807) is 0 Å². The molecule has 0 bridgehead atoms. The number of fused-ring (bicyclic) bond motifs is 1. The number of benzene rings is 1. The number of hydrogen-bond acceptors (Lipinski definition) is 2. The lowest BCUT2D eigenvalue weighted by Gasteiger charge is -2.55. The van der Waals surface area contributed by atoms with Crippen LogP contribution in [0.25, 0.3) is 6.08 Å². The maximum atomic E-state index is 13.5. The number of Topliss-reactive ketones (excluding diaryl/α,β-unsaturated/α-hetero) is 1. The van der Waals surface area contributed by atoms with Crippen molar-refractivity contribution in [1.29, 1.82) is 0 Å². The smallest absolute Gasteiger partial charge is 0.311 e. The van der Waals surface area contributed by atoms with Gasteiger partial charge in [-0.1, -0.05) is 88.8 Å². The molecule has 3 rings (SSSR count). The first-order valence-electron chi connectivity index (χ1n) is 12.1. The van der Waals surface area contributed by atoms with Crippen LogP contribution in [0.3, 0.4) is 0 Å². The van der Waals surface area contributed by atoms with E-state index in [0.29, 0.717) is 19.3 Å². The highest BCUT2D eigenvalue weighted by molar-refractivity contribution is 5.90. The Bertz CT molecular complexity index is 868. The maximum absolute atomic E-state index is 13.5. The largest absolute Gasteiger partial charge is 0.481 e. The van der Waals surface area contributed by atoms with E-state index in [2.05, 4.69) is 45.9 Å². The molecule has 31 heavy (non-hydrogen) atoms. The van der Waals surface area contributed by atoms with E-state index in [1.165, 1.54) is 5.57 Å².